The molecule has 2 aromatic carbocycles. The maximum absolute atomic E-state index is 13.0. The summed E-state index contributed by atoms with van der Waals surface area (Å²) in [7, 11) is 3.47. The van der Waals surface area contributed by atoms with Gasteiger partial charge in [0.2, 0.25) is 23.7 Å². The van der Waals surface area contributed by atoms with Crippen molar-refractivity contribution in [3.63, 3.8) is 0 Å². The van der Waals surface area contributed by atoms with E-state index in [0.717, 1.165) is 56.0 Å². The van der Waals surface area contributed by atoms with Crippen molar-refractivity contribution in [2.24, 2.45) is 14.1 Å². The van der Waals surface area contributed by atoms with Crippen molar-refractivity contribution in [2.45, 2.75) is 79.3 Å². The first-order chi connectivity index (χ1) is 31.6. The average Bonchev–Trinajstić information content (AvgIpc) is 3.69. The van der Waals surface area contributed by atoms with Crippen LogP contribution in [0.15, 0.2) is 58.6 Å². The van der Waals surface area contributed by atoms with E-state index in [4.69, 9.17) is 9.97 Å². The first-order valence-electron chi connectivity index (χ1n) is 22.0. The lowest BCUT2D eigenvalue weighted by Crippen LogP contribution is -2.39. The Morgan fingerprint density at radius 2 is 0.909 bits per heavy atom. The zero-order valence-corrected chi connectivity index (χ0v) is 38.3. The Bertz CT molecular complexity index is 3340. The summed E-state index contributed by atoms with van der Waals surface area (Å²) >= 11 is 0. The third kappa shape index (κ3) is 8.29. The molecular weight excluding hydrogens is 841 g/mol. The Morgan fingerprint density at radius 1 is 0.530 bits per heavy atom. The van der Waals surface area contributed by atoms with Gasteiger partial charge < -0.3 is 20.4 Å². The molecule has 0 unspecified atom stereocenters. The molecule has 20 heteroatoms. The van der Waals surface area contributed by atoms with Crippen LogP contribution in [0.3, 0.4) is 0 Å². The molecule has 8 heterocycles. The van der Waals surface area contributed by atoms with Gasteiger partial charge in [-0.3, -0.25) is 37.8 Å². The van der Waals surface area contributed by atoms with Crippen LogP contribution < -0.4 is 22.0 Å². The van der Waals surface area contributed by atoms with Gasteiger partial charge in [0.25, 0.3) is 0 Å². The predicted molar refractivity (Wildman–Crippen MR) is 251 cm³/mol. The molecule has 2 fully saturated rings. The first-order valence-corrected chi connectivity index (χ1v) is 22.0. The molecule has 2 amide bonds. The SMILES string of the molecule is CC(=O)N1CCC(n2c(=O)n(C)c3cnc(Nc4cc5nc(C)cnc5cc4C)nc32)CC1.CC(=O)N1CCC(n2c(=O)n(C)c3cnc(Nc4cc5ncc(C)nc5cc4C)nc32)CC1. The number of carbonyl (C=O) groups excluding carboxylic acids is 2. The van der Waals surface area contributed by atoms with Crippen molar-refractivity contribution in [1.29, 1.82) is 0 Å². The van der Waals surface area contributed by atoms with Gasteiger partial charge in [0.05, 0.1) is 45.8 Å². The molecule has 340 valence electrons. The minimum absolute atomic E-state index is 0.0135. The number of anilines is 4. The fourth-order valence-corrected chi connectivity index (χ4v) is 8.95. The molecule has 10 rings (SSSR count). The molecule has 8 aromatic rings. The molecule has 2 aliphatic rings. The maximum Gasteiger partial charge on any atom is 0.330 e. The van der Waals surface area contributed by atoms with E-state index in [0.29, 0.717) is 86.1 Å². The number of imidazole rings is 2. The highest BCUT2D eigenvalue weighted by Crippen LogP contribution is 2.29. The molecule has 6 aromatic heterocycles. The monoisotopic (exact) mass is 892 g/mol. The van der Waals surface area contributed by atoms with E-state index < -0.39 is 0 Å². The van der Waals surface area contributed by atoms with E-state index in [1.165, 1.54) is 0 Å². The summed E-state index contributed by atoms with van der Waals surface area (Å²) in [6.45, 7) is 13.5. The minimum Gasteiger partial charge on any atom is -0.343 e. The third-order valence-electron chi connectivity index (χ3n) is 12.7. The van der Waals surface area contributed by atoms with Gasteiger partial charge >= 0.3 is 11.4 Å². The van der Waals surface area contributed by atoms with Gasteiger partial charge in [-0.15, -0.1) is 0 Å². The second-order valence-corrected chi connectivity index (χ2v) is 17.3. The van der Waals surface area contributed by atoms with Crippen molar-refractivity contribution < 1.29 is 9.59 Å². The van der Waals surface area contributed by atoms with Gasteiger partial charge in [-0.05, 0) is 88.8 Å². The summed E-state index contributed by atoms with van der Waals surface area (Å²) in [5.41, 5.74) is 10.9. The molecule has 0 atom stereocenters. The molecule has 0 spiro atoms. The summed E-state index contributed by atoms with van der Waals surface area (Å²) < 4.78 is 6.66. The lowest BCUT2D eigenvalue weighted by atomic mass is 10.0. The van der Waals surface area contributed by atoms with Crippen LogP contribution in [0.5, 0.6) is 0 Å². The molecule has 2 N–H and O–H groups in total. The van der Waals surface area contributed by atoms with Crippen LogP contribution in [0.1, 0.15) is 74.1 Å². The normalized spacial score (nSPS) is 14.8. The standard InChI is InChI=1S/2C23H26N8O2/c1-13-9-19-18(24-11-14(2)26-19)10-17(13)27-22-25-12-20-21(28-22)31(23(33)29(20)4)16-5-7-30(8-6-16)15(3)32;1-13-9-18-19(26-14(2)11-24-18)10-17(13)27-22-25-12-20-21(28-22)31(23(33)29(20)4)16-5-7-30(8-6-16)15(3)32/h2*9-12,16H,5-8H2,1-4H3,(H,25,27,28). The molecule has 0 aliphatic carbocycles. The van der Waals surface area contributed by atoms with Gasteiger partial charge in [-0.2, -0.15) is 9.97 Å². The van der Waals surface area contributed by atoms with Crippen LogP contribution >= 0.6 is 0 Å². The van der Waals surface area contributed by atoms with Gasteiger partial charge in [-0.1, -0.05) is 0 Å². The zero-order chi connectivity index (χ0) is 46.6. The number of benzene rings is 2. The number of aromatic nitrogens is 12. The fourth-order valence-electron chi connectivity index (χ4n) is 8.95. The van der Waals surface area contributed by atoms with Crippen LogP contribution in [0.2, 0.25) is 0 Å². The van der Waals surface area contributed by atoms with Crippen LogP contribution in [-0.4, -0.2) is 106 Å². The number of fused-ring (bicyclic) bond motifs is 4. The first kappa shape index (κ1) is 43.6. The number of nitrogens with one attached hydrogen (secondary N) is 2. The van der Waals surface area contributed by atoms with Gasteiger partial charge in [0.15, 0.2) is 11.3 Å². The molecule has 20 nitrogen and oxygen atoms in total. The van der Waals surface area contributed by atoms with Gasteiger partial charge in [0.1, 0.15) is 11.0 Å². The highest BCUT2D eigenvalue weighted by Gasteiger charge is 2.28. The van der Waals surface area contributed by atoms with Crippen molar-refractivity contribution >= 4 is 79.5 Å². The highest BCUT2D eigenvalue weighted by molar-refractivity contribution is 5.84. The molecule has 2 saturated heterocycles. The van der Waals surface area contributed by atoms with E-state index in [-0.39, 0.29) is 35.3 Å². The number of likely N-dealkylation sites (tertiary alicyclic amines) is 2. The third-order valence-corrected chi connectivity index (χ3v) is 12.7. The number of hydrogen-bond donors (Lipinski definition) is 2. The highest BCUT2D eigenvalue weighted by atomic mass is 16.2. The average molecular weight is 893 g/mol. The van der Waals surface area contributed by atoms with Crippen molar-refractivity contribution in [3.05, 3.63) is 92.5 Å². The Morgan fingerprint density at radius 3 is 1.33 bits per heavy atom. The predicted octanol–water partition coefficient (Wildman–Crippen LogP) is 5.23. The van der Waals surface area contributed by atoms with Crippen molar-refractivity contribution in [3.8, 4) is 0 Å². The van der Waals surface area contributed by atoms with Crippen molar-refractivity contribution in [1.82, 2.24) is 67.9 Å². The lowest BCUT2D eigenvalue weighted by Gasteiger charge is -2.31. The molecular formula is C46H52N16O4. The summed E-state index contributed by atoms with van der Waals surface area (Å²) in [6, 6.07) is 7.80. The van der Waals surface area contributed by atoms with Gasteiger partial charge in [-0.25, -0.2) is 29.5 Å². The van der Waals surface area contributed by atoms with E-state index in [1.54, 1.807) is 71.0 Å². The molecule has 0 bridgehead atoms. The molecule has 0 radical (unpaired) electrons. The second-order valence-electron chi connectivity index (χ2n) is 17.3. The fraction of sp³-hybridized carbons (Fsp3) is 0.391. The maximum atomic E-state index is 13.0. The van der Waals surface area contributed by atoms with E-state index in [2.05, 4.69) is 40.5 Å². The summed E-state index contributed by atoms with van der Waals surface area (Å²) in [4.78, 5) is 89.4. The lowest BCUT2D eigenvalue weighted by molar-refractivity contribution is -0.130. The van der Waals surface area contributed by atoms with Crippen LogP contribution in [0, 0.1) is 27.7 Å². The molecule has 66 heavy (non-hydrogen) atoms. The number of amides is 2. The Kier molecular flexibility index (Phi) is 11.5. The quantitative estimate of drug-likeness (QED) is 0.218. The summed E-state index contributed by atoms with van der Waals surface area (Å²) in [5, 5.41) is 6.57. The largest absolute Gasteiger partial charge is 0.343 e. The molecule has 0 saturated carbocycles. The number of nitrogens with zero attached hydrogens (tertiary/aromatic N) is 14. The number of carbonyl (C=O) groups is 2. The topological polar surface area (TPSA) is 222 Å². The summed E-state index contributed by atoms with van der Waals surface area (Å²) in [5.74, 6) is 0.952. The van der Waals surface area contributed by atoms with E-state index in [9.17, 15) is 19.2 Å². The number of aryl methyl sites for hydroxylation is 6. The number of rotatable bonds is 6. The summed E-state index contributed by atoms with van der Waals surface area (Å²) in [6.07, 6.45) is 9.70. The van der Waals surface area contributed by atoms with Gasteiger partial charge in [0, 0.05) is 90.0 Å². The second kappa shape index (κ2) is 17.4. The Balaban J connectivity index is 0.000000166. The zero-order valence-electron chi connectivity index (χ0n) is 38.3. The van der Waals surface area contributed by atoms with Crippen LogP contribution in [0.4, 0.5) is 23.3 Å². The van der Waals surface area contributed by atoms with Crippen LogP contribution in [-0.2, 0) is 23.7 Å². The molecule has 2 aliphatic heterocycles. The Labute approximate surface area is 378 Å². The smallest absolute Gasteiger partial charge is 0.330 e. The van der Waals surface area contributed by atoms with Crippen molar-refractivity contribution in [2.75, 3.05) is 36.8 Å². The van der Waals surface area contributed by atoms with Crippen LogP contribution in [0.25, 0.3) is 44.4 Å². The van der Waals surface area contributed by atoms with E-state index in [1.807, 2.05) is 61.8 Å². The minimum atomic E-state index is -0.120. The Hall–Kier alpha value is -7.64. The number of piperidine rings is 2. The number of hydrogen-bond acceptors (Lipinski definition) is 14. The van der Waals surface area contributed by atoms with E-state index >= 15 is 0 Å².